The van der Waals surface area contributed by atoms with Crippen molar-refractivity contribution < 1.29 is 5.11 Å². The first-order valence-electron chi connectivity index (χ1n) is 3.43. The van der Waals surface area contributed by atoms with Gasteiger partial charge in [0.1, 0.15) is 6.10 Å². The van der Waals surface area contributed by atoms with Gasteiger partial charge in [-0.3, -0.25) is 9.97 Å². The van der Waals surface area contributed by atoms with Crippen molar-refractivity contribution in [3.8, 4) is 0 Å². The zero-order valence-corrected chi connectivity index (χ0v) is 6.36. The number of hydrogen-bond donors (Lipinski definition) is 2. The second kappa shape index (κ2) is 4.00. The van der Waals surface area contributed by atoms with Crippen LogP contribution in [0.4, 0.5) is 0 Å². The molecule has 0 aliphatic rings. The van der Waals surface area contributed by atoms with E-state index in [-0.39, 0.29) is 0 Å². The number of nitrogens with one attached hydrogen (secondary N) is 1. The molecule has 0 saturated carbocycles. The third-order valence-electron chi connectivity index (χ3n) is 1.32. The molecule has 0 aliphatic heterocycles. The second-order valence-electron chi connectivity index (χ2n) is 2.20. The summed E-state index contributed by atoms with van der Waals surface area (Å²) in [6.07, 6.45) is 4.14. The molecular weight excluding hydrogens is 142 g/mol. The molecule has 0 spiro atoms. The topological polar surface area (TPSA) is 58.0 Å². The van der Waals surface area contributed by atoms with E-state index in [2.05, 4.69) is 15.3 Å². The van der Waals surface area contributed by atoms with Gasteiger partial charge in [0.2, 0.25) is 0 Å². The van der Waals surface area contributed by atoms with E-state index in [0.29, 0.717) is 12.2 Å². The second-order valence-corrected chi connectivity index (χ2v) is 2.20. The van der Waals surface area contributed by atoms with Gasteiger partial charge in [0.15, 0.2) is 0 Å². The smallest absolute Gasteiger partial charge is 0.110 e. The third-order valence-corrected chi connectivity index (χ3v) is 1.32. The van der Waals surface area contributed by atoms with Crippen LogP contribution in [-0.2, 0) is 0 Å². The summed E-state index contributed by atoms with van der Waals surface area (Å²) in [5, 5.41) is 12.2. The standard InChI is InChI=1S/C7H11N3O/c1-8-5-7(11)6-4-9-2-3-10-6/h2-4,7-8,11H,5H2,1H3/t7-/m0/s1. The quantitative estimate of drug-likeness (QED) is 0.627. The minimum Gasteiger partial charge on any atom is -0.385 e. The van der Waals surface area contributed by atoms with Crippen LogP contribution in [0.25, 0.3) is 0 Å². The van der Waals surface area contributed by atoms with E-state index >= 15 is 0 Å². The van der Waals surface area contributed by atoms with E-state index in [1.165, 1.54) is 0 Å². The Bertz CT molecular complexity index is 202. The molecule has 1 aromatic heterocycles. The molecule has 1 heterocycles. The number of likely N-dealkylation sites (N-methyl/N-ethyl adjacent to an activating group) is 1. The van der Waals surface area contributed by atoms with Crippen molar-refractivity contribution in [3.63, 3.8) is 0 Å². The Hall–Kier alpha value is -1.00. The van der Waals surface area contributed by atoms with Gasteiger partial charge in [-0.25, -0.2) is 0 Å². The van der Waals surface area contributed by atoms with Gasteiger partial charge in [-0.15, -0.1) is 0 Å². The number of aliphatic hydroxyl groups is 1. The van der Waals surface area contributed by atoms with Crippen molar-refractivity contribution in [1.82, 2.24) is 15.3 Å². The van der Waals surface area contributed by atoms with Gasteiger partial charge < -0.3 is 10.4 Å². The first-order chi connectivity index (χ1) is 5.34. The van der Waals surface area contributed by atoms with Crippen molar-refractivity contribution in [1.29, 1.82) is 0 Å². The lowest BCUT2D eigenvalue weighted by molar-refractivity contribution is 0.172. The van der Waals surface area contributed by atoms with Gasteiger partial charge in [0.05, 0.1) is 11.9 Å². The van der Waals surface area contributed by atoms with Crippen LogP contribution in [0.3, 0.4) is 0 Å². The van der Waals surface area contributed by atoms with Gasteiger partial charge in [0.25, 0.3) is 0 Å². The normalized spacial score (nSPS) is 12.9. The molecule has 0 fully saturated rings. The molecule has 0 radical (unpaired) electrons. The van der Waals surface area contributed by atoms with E-state index in [1.54, 1.807) is 25.6 Å². The maximum Gasteiger partial charge on any atom is 0.110 e. The van der Waals surface area contributed by atoms with Gasteiger partial charge in [-0.1, -0.05) is 0 Å². The van der Waals surface area contributed by atoms with E-state index in [4.69, 9.17) is 0 Å². The average Bonchev–Trinajstić information content (AvgIpc) is 2.07. The first-order valence-corrected chi connectivity index (χ1v) is 3.43. The fraction of sp³-hybridized carbons (Fsp3) is 0.429. The Morgan fingerprint density at radius 2 is 2.45 bits per heavy atom. The number of rotatable bonds is 3. The Balaban J connectivity index is 2.61. The molecule has 0 bridgehead atoms. The summed E-state index contributed by atoms with van der Waals surface area (Å²) >= 11 is 0. The summed E-state index contributed by atoms with van der Waals surface area (Å²) in [6.45, 7) is 0.499. The lowest BCUT2D eigenvalue weighted by Crippen LogP contribution is -2.17. The van der Waals surface area contributed by atoms with Crippen LogP contribution in [0.1, 0.15) is 11.8 Å². The maximum atomic E-state index is 9.36. The fourth-order valence-electron chi connectivity index (χ4n) is 0.781. The van der Waals surface area contributed by atoms with E-state index in [0.717, 1.165) is 0 Å². The summed E-state index contributed by atoms with van der Waals surface area (Å²) in [7, 11) is 1.78. The third kappa shape index (κ3) is 2.25. The van der Waals surface area contributed by atoms with E-state index in [9.17, 15) is 5.11 Å². The fourth-order valence-corrected chi connectivity index (χ4v) is 0.781. The SMILES string of the molecule is CNC[C@H](O)c1cnccn1. The van der Waals surface area contributed by atoms with E-state index in [1.807, 2.05) is 0 Å². The minimum atomic E-state index is -0.561. The largest absolute Gasteiger partial charge is 0.385 e. The molecule has 11 heavy (non-hydrogen) atoms. The van der Waals surface area contributed by atoms with Crippen LogP contribution >= 0.6 is 0 Å². The zero-order chi connectivity index (χ0) is 8.10. The number of hydrogen-bond acceptors (Lipinski definition) is 4. The van der Waals surface area contributed by atoms with Gasteiger partial charge >= 0.3 is 0 Å². The summed E-state index contributed by atoms with van der Waals surface area (Å²) in [6, 6.07) is 0. The summed E-state index contributed by atoms with van der Waals surface area (Å²) < 4.78 is 0. The number of aromatic nitrogens is 2. The minimum absolute atomic E-state index is 0.499. The zero-order valence-electron chi connectivity index (χ0n) is 6.36. The van der Waals surface area contributed by atoms with Gasteiger partial charge in [-0.05, 0) is 7.05 Å². The van der Waals surface area contributed by atoms with Crippen molar-refractivity contribution in [3.05, 3.63) is 24.3 Å². The molecule has 4 nitrogen and oxygen atoms in total. The highest BCUT2D eigenvalue weighted by molar-refractivity contribution is 4.99. The molecule has 0 saturated heterocycles. The molecule has 0 unspecified atom stereocenters. The van der Waals surface area contributed by atoms with E-state index < -0.39 is 6.10 Å². The highest BCUT2D eigenvalue weighted by atomic mass is 16.3. The summed E-state index contributed by atoms with van der Waals surface area (Å²) in [4.78, 5) is 7.78. The Morgan fingerprint density at radius 3 is 3.00 bits per heavy atom. The molecule has 1 rings (SSSR count). The highest BCUT2D eigenvalue weighted by Gasteiger charge is 2.05. The van der Waals surface area contributed by atoms with Crippen LogP contribution in [0.5, 0.6) is 0 Å². The lowest BCUT2D eigenvalue weighted by Gasteiger charge is -2.06. The number of nitrogens with zero attached hydrogens (tertiary/aromatic N) is 2. The monoisotopic (exact) mass is 153 g/mol. The molecule has 0 aliphatic carbocycles. The molecule has 60 valence electrons. The van der Waals surface area contributed by atoms with Crippen LogP contribution < -0.4 is 5.32 Å². The van der Waals surface area contributed by atoms with Crippen molar-refractivity contribution in [2.75, 3.05) is 13.6 Å². The molecule has 0 aromatic carbocycles. The molecular formula is C7H11N3O. The van der Waals surface area contributed by atoms with Crippen LogP contribution in [0.2, 0.25) is 0 Å². The molecule has 1 aromatic rings. The van der Waals surface area contributed by atoms with Crippen molar-refractivity contribution >= 4 is 0 Å². The lowest BCUT2D eigenvalue weighted by atomic mass is 10.3. The van der Waals surface area contributed by atoms with Gasteiger partial charge in [0, 0.05) is 18.9 Å². The average molecular weight is 153 g/mol. The predicted octanol–water partition coefficient (Wildman–Crippen LogP) is -0.271. The molecule has 1 atom stereocenters. The van der Waals surface area contributed by atoms with Crippen molar-refractivity contribution in [2.45, 2.75) is 6.10 Å². The number of aliphatic hydroxyl groups excluding tert-OH is 1. The first kappa shape index (κ1) is 8.10. The molecule has 2 N–H and O–H groups in total. The highest BCUT2D eigenvalue weighted by Crippen LogP contribution is 2.04. The Morgan fingerprint density at radius 1 is 1.64 bits per heavy atom. The van der Waals surface area contributed by atoms with Crippen LogP contribution in [0, 0.1) is 0 Å². The Kier molecular flexibility index (Phi) is 2.95. The maximum absolute atomic E-state index is 9.36. The summed E-state index contributed by atoms with van der Waals surface area (Å²) in [5.41, 5.74) is 0.599. The molecule has 0 amide bonds. The molecule has 4 heteroatoms. The predicted molar refractivity (Wildman–Crippen MR) is 40.9 cm³/mol. The summed E-state index contributed by atoms with van der Waals surface area (Å²) in [5.74, 6) is 0. The van der Waals surface area contributed by atoms with Gasteiger partial charge in [-0.2, -0.15) is 0 Å². The van der Waals surface area contributed by atoms with Crippen molar-refractivity contribution in [2.24, 2.45) is 0 Å². The Labute approximate surface area is 65.3 Å². The van der Waals surface area contributed by atoms with Crippen LogP contribution in [0.15, 0.2) is 18.6 Å². The van der Waals surface area contributed by atoms with Crippen LogP contribution in [-0.4, -0.2) is 28.7 Å².